The Morgan fingerprint density at radius 2 is 1.75 bits per heavy atom. The molecule has 5 rings (SSSR count). The maximum atomic E-state index is 13.9. The van der Waals surface area contributed by atoms with Gasteiger partial charge in [-0.15, -0.1) is 0 Å². The molecule has 0 radical (unpaired) electrons. The molecule has 142 valence electrons. The molecule has 0 aromatic heterocycles. The summed E-state index contributed by atoms with van der Waals surface area (Å²) in [5, 5.41) is 2.21. The van der Waals surface area contributed by atoms with Crippen molar-refractivity contribution in [3.05, 3.63) is 75.8 Å². The van der Waals surface area contributed by atoms with Gasteiger partial charge in [0.2, 0.25) is 5.92 Å². The lowest BCUT2D eigenvalue weighted by atomic mass is 9.87. The number of aliphatic imine (C=N–C) groups is 1. The van der Waals surface area contributed by atoms with Gasteiger partial charge in [-0.25, -0.2) is 13.8 Å². The first kappa shape index (κ1) is 17.5. The second kappa shape index (κ2) is 5.97. The predicted molar refractivity (Wildman–Crippen MR) is 111 cm³/mol. The van der Waals surface area contributed by atoms with Crippen LogP contribution in [0.3, 0.4) is 0 Å². The summed E-state index contributed by atoms with van der Waals surface area (Å²) in [5.74, 6) is -2.62. The van der Waals surface area contributed by atoms with Gasteiger partial charge in [0.1, 0.15) is 0 Å². The first-order chi connectivity index (χ1) is 13.3. The van der Waals surface area contributed by atoms with Crippen LogP contribution < -0.4 is 0 Å². The van der Waals surface area contributed by atoms with Gasteiger partial charge in [-0.1, -0.05) is 41.5 Å². The van der Waals surface area contributed by atoms with Crippen LogP contribution in [-0.4, -0.2) is 11.6 Å². The summed E-state index contributed by atoms with van der Waals surface area (Å²) in [7, 11) is 0. The third-order valence-electron chi connectivity index (χ3n) is 6.18. The fourth-order valence-corrected chi connectivity index (χ4v) is 5.02. The molecule has 1 aliphatic carbocycles. The van der Waals surface area contributed by atoms with E-state index in [1.807, 2.05) is 6.07 Å². The molecule has 0 spiro atoms. The van der Waals surface area contributed by atoms with Crippen LogP contribution >= 0.6 is 0 Å². The van der Waals surface area contributed by atoms with Crippen LogP contribution in [0.2, 0.25) is 0 Å². The quantitative estimate of drug-likeness (QED) is 0.353. The van der Waals surface area contributed by atoms with E-state index >= 15 is 0 Å². The van der Waals surface area contributed by atoms with Gasteiger partial charge in [-0.05, 0) is 61.8 Å². The minimum Gasteiger partial charge on any atom is -0.247 e. The van der Waals surface area contributed by atoms with Gasteiger partial charge in [0, 0.05) is 29.4 Å². The molecule has 0 N–H and O–H groups in total. The number of alkyl halides is 2. The van der Waals surface area contributed by atoms with Gasteiger partial charge in [0.15, 0.2) is 0 Å². The third-order valence-corrected chi connectivity index (χ3v) is 6.18. The number of hydrogen-bond acceptors (Lipinski definition) is 1. The van der Waals surface area contributed by atoms with Crippen LogP contribution in [0.15, 0.2) is 47.5 Å². The highest BCUT2D eigenvalue weighted by Gasteiger charge is 2.41. The zero-order valence-corrected chi connectivity index (χ0v) is 16.4. The minimum atomic E-state index is -2.54. The van der Waals surface area contributed by atoms with E-state index in [0.717, 1.165) is 44.4 Å². The molecule has 1 nitrogen and oxygen atoms in total. The van der Waals surface area contributed by atoms with Crippen LogP contribution in [0.1, 0.15) is 58.6 Å². The molecule has 1 atom stereocenters. The fraction of sp³-hybridized carbons (Fsp3) is 0.320. The van der Waals surface area contributed by atoms with E-state index in [0.29, 0.717) is 6.42 Å². The molecule has 0 amide bonds. The zero-order chi connectivity index (χ0) is 19.6. The topological polar surface area (TPSA) is 12.4 Å². The summed E-state index contributed by atoms with van der Waals surface area (Å²) in [4.78, 5) is 5.01. The SMILES string of the molecule is Cc1cc(C)cc(C2=Nc3c(C)cc(C4CCC(F)(F)C4)c4cccc2c34)c1. The fourth-order valence-electron chi connectivity index (χ4n) is 5.02. The Morgan fingerprint density at radius 3 is 2.43 bits per heavy atom. The van der Waals surface area contributed by atoms with Crippen LogP contribution in [0.5, 0.6) is 0 Å². The highest BCUT2D eigenvalue weighted by atomic mass is 19.3. The maximum Gasteiger partial charge on any atom is 0.248 e. The van der Waals surface area contributed by atoms with E-state index in [4.69, 9.17) is 4.99 Å². The largest absolute Gasteiger partial charge is 0.248 e. The van der Waals surface area contributed by atoms with E-state index in [9.17, 15) is 8.78 Å². The van der Waals surface area contributed by atoms with Crippen LogP contribution in [0, 0.1) is 20.8 Å². The highest BCUT2D eigenvalue weighted by Crippen LogP contribution is 2.49. The summed E-state index contributed by atoms with van der Waals surface area (Å²) in [6.07, 6.45) is 0.496. The number of hydrogen-bond donors (Lipinski definition) is 0. The van der Waals surface area contributed by atoms with Crippen molar-refractivity contribution in [2.24, 2.45) is 4.99 Å². The maximum absolute atomic E-state index is 13.9. The summed E-state index contributed by atoms with van der Waals surface area (Å²) < 4.78 is 27.8. The van der Waals surface area contributed by atoms with Gasteiger partial charge < -0.3 is 0 Å². The van der Waals surface area contributed by atoms with Crippen LogP contribution in [0.25, 0.3) is 10.8 Å². The van der Waals surface area contributed by atoms with E-state index in [-0.39, 0.29) is 18.8 Å². The van der Waals surface area contributed by atoms with E-state index < -0.39 is 5.92 Å². The first-order valence-electron chi connectivity index (χ1n) is 9.94. The molecule has 28 heavy (non-hydrogen) atoms. The molecule has 0 saturated heterocycles. The molecule has 0 bridgehead atoms. The Hall–Kier alpha value is -2.55. The van der Waals surface area contributed by atoms with E-state index in [1.54, 1.807) is 0 Å². The highest BCUT2D eigenvalue weighted by molar-refractivity contribution is 6.27. The average Bonchev–Trinajstić information content (AvgIpc) is 3.19. The Bertz CT molecular complexity index is 1140. The summed E-state index contributed by atoms with van der Waals surface area (Å²) in [6, 6.07) is 14.8. The Labute approximate surface area is 164 Å². The standard InChI is InChI=1S/C25H23F2N/c1-14-9-15(2)11-18(10-14)24-20-6-4-5-19-21(17-7-8-25(26,27)13-17)12-16(3)23(28-24)22(19)20/h4-6,9-12,17H,7-8,13H2,1-3H3. The number of halogens is 2. The van der Waals surface area contributed by atoms with Crippen molar-refractivity contribution in [1.82, 2.24) is 0 Å². The molecule has 2 aliphatic rings. The van der Waals surface area contributed by atoms with Gasteiger partial charge in [-0.2, -0.15) is 0 Å². The molecule has 1 heterocycles. The lowest BCUT2D eigenvalue weighted by Crippen LogP contribution is -2.09. The third kappa shape index (κ3) is 2.68. The lowest BCUT2D eigenvalue weighted by Gasteiger charge is -2.16. The number of benzene rings is 3. The van der Waals surface area contributed by atoms with Gasteiger partial charge >= 0.3 is 0 Å². The Balaban J connectivity index is 1.71. The van der Waals surface area contributed by atoms with Gasteiger partial charge in [-0.3, -0.25) is 0 Å². The van der Waals surface area contributed by atoms with Crippen LogP contribution in [-0.2, 0) is 0 Å². The monoisotopic (exact) mass is 375 g/mol. The molecule has 1 unspecified atom stereocenters. The zero-order valence-electron chi connectivity index (χ0n) is 16.4. The molecule has 1 saturated carbocycles. The smallest absolute Gasteiger partial charge is 0.247 e. The number of aryl methyl sites for hydroxylation is 3. The second-order valence-corrected chi connectivity index (χ2v) is 8.49. The van der Waals surface area contributed by atoms with Crippen molar-refractivity contribution in [3.8, 4) is 0 Å². The van der Waals surface area contributed by atoms with Crippen molar-refractivity contribution < 1.29 is 8.78 Å². The first-order valence-corrected chi connectivity index (χ1v) is 9.94. The average molecular weight is 375 g/mol. The van der Waals surface area contributed by atoms with Crippen molar-refractivity contribution in [2.75, 3.05) is 0 Å². The van der Waals surface area contributed by atoms with Crippen molar-refractivity contribution in [2.45, 2.75) is 51.9 Å². The Morgan fingerprint density at radius 1 is 1.00 bits per heavy atom. The molecular weight excluding hydrogens is 352 g/mol. The second-order valence-electron chi connectivity index (χ2n) is 8.49. The predicted octanol–water partition coefficient (Wildman–Crippen LogP) is 7.15. The van der Waals surface area contributed by atoms with E-state index in [1.165, 1.54) is 11.1 Å². The Kier molecular flexibility index (Phi) is 3.74. The number of rotatable bonds is 2. The summed E-state index contributed by atoms with van der Waals surface area (Å²) in [6.45, 7) is 6.25. The van der Waals surface area contributed by atoms with E-state index in [2.05, 4.69) is 57.2 Å². The molecule has 3 aromatic carbocycles. The summed E-state index contributed by atoms with van der Waals surface area (Å²) in [5.41, 5.74) is 8.79. The molecule has 3 heteroatoms. The molecule has 3 aromatic rings. The minimum absolute atomic E-state index is 0.00995. The van der Waals surface area contributed by atoms with Crippen LogP contribution in [0.4, 0.5) is 14.5 Å². The number of nitrogens with zero attached hydrogens (tertiary/aromatic N) is 1. The van der Waals surface area contributed by atoms with Crippen molar-refractivity contribution in [1.29, 1.82) is 0 Å². The normalized spacial score (nSPS) is 20.0. The summed E-state index contributed by atoms with van der Waals surface area (Å²) >= 11 is 0. The van der Waals surface area contributed by atoms with Crippen molar-refractivity contribution in [3.63, 3.8) is 0 Å². The molecule has 1 aliphatic heterocycles. The molecule has 1 fully saturated rings. The lowest BCUT2D eigenvalue weighted by molar-refractivity contribution is 0.00780. The van der Waals surface area contributed by atoms with Gasteiger partial charge in [0.05, 0.1) is 11.4 Å². The van der Waals surface area contributed by atoms with Gasteiger partial charge in [0.25, 0.3) is 0 Å². The van der Waals surface area contributed by atoms with Crippen molar-refractivity contribution >= 4 is 22.2 Å². The molecular formula is C25H23F2N.